The van der Waals surface area contributed by atoms with Gasteiger partial charge in [-0.25, -0.2) is 4.39 Å². The van der Waals surface area contributed by atoms with E-state index < -0.39 is 18.0 Å². The molecular weight excluding hydrogens is 367 g/mol. The van der Waals surface area contributed by atoms with E-state index in [1.54, 1.807) is 30.3 Å². The number of nitrogens with one attached hydrogen (secondary N) is 1. The van der Waals surface area contributed by atoms with E-state index in [1.807, 2.05) is 31.1 Å². The van der Waals surface area contributed by atoms with E-state index in [4.69, 9.17) is 4.74 Å². The molecule has 2 aromatic rings. The number of anilines is 2. The third kappa shape index (κ3) is 6.60. The number of thioether (sulfide) groups is 1. The number of nitrogens with zero attached hydrogens (tertiary/aromatic N) is 1. The van der Waals surface area contributed by atoms with Crippen molar-refractivity contribution in [2.75, 3.05) is 30.1 Å². The van der Waals surface area contributed by atoms with Crippen LogP contribution in [0.15, 0.2) is 53.4 Å². The van der Waals surface area contributed by atoms with Gasteiger partial charge in [0.25, 0.3) is 5.91 Å². The summed E-state index contributed by atoms with van der Waals surface area (Å²) >= 11 is 1.24. The van der Waals surface area contributed by atoms with Crippen molar-refractivity contribution >= 4 is 35.0 Å². The second-order valence-corrected chi connectivity index (χ2v) is 7.23. The molecule has 0 unspecified atom stereocenters. The minimum absolute atomic E-state index is 0.0914. The van der Waals surface area contributed by atoms with E-state index in [9.17, 15) is 14.0 Å². The van der Waals surface area contributed by atoms with E-state index in [2.05, 4.69) is 5.32 Å². The minimum Gasteiger partial charge on any atom is -0.453 e. The summed E-state index contributed by atoms with van der Waals surface area (Å²) in [5, 5.41) is 2.71. The maximum atomic E-state index is 13.5. The van der Waals surface area contributed by atoms with Crippen LogP contribution < -0.4 is 10.2 Å². The highest BCUT2D eigenvalue weighted by atomic mass is 32.2. The number of hydrogen-bond donors (Lipinski definition) is 1. The second kappa shape index (κ2) is 9.97. The van der Waals surface area contributed by atoms with Gasteiger partial charge in [0.15, 0.2) is 6.10 Å². The van der Waals surface area contributed by atoms with Crippen LogP contribution in [0.2, 0.25) is 0 Å². The van der Waals surface area contributed by atoms with Crippen LogP contribution in [0.25, 0.3) is 0 Å². The van der Waals surface area contributed by atoms with Crippen molar-refractivity contribution in [3.05, 3.63) is 54.3 Å². The van der Waals surface area contributed by atoms with Gasteiger partial charge in [0, 0.05) is 36.1 Å². The number of esters is 1. The molecule has 0 aliphatic heterocycles. The molecule has 5 nitrogen and oxygen atoms in total. The van der Waals surface area contributed by atoms with Gasteiger partial charge >= 0.3 is 5.97 Å². The molecule has 0 radical (unpaired) electrons. The standard InChI is InChI=1S/C20H23FN2O3S/c1-14(20(25)22-15-8-10-16(11-9-15)23(2)3)26-19(24)12-13-27-18-7-5-4-6-17(18)21/h4-11,14H,12-13H2,1-3H3,(H,22,25)/t14-/m0/s1. The predicted octanol–water partition coefficient (Wildman–Crippen LogP) is 3.94. The smallest absolute Gasteiger partial charge is 0.307 e. The lowest BCUT2D eigenvalue weighted by Crippen LogP contribution is -2.30. The molecule has 0 fully saturated rings. The number of halogens is 1. The van der Waals surface area contributed by atoms with Crippen LogP contribution in [-0.2, 0) is 14.3 Å². The average Bonchev–Trinajstić information content (AvgIpc) is 2.63. The Bertz CT molecular complexity index is 781. The number of hydrogen-bond acceptors (Lipinski definition) is 5. The Labute approximate surface area is 162 Å². The average molecular weight is 390 g/mol. The van der Waals surface area contributed by atoms with Crippen LogP contribution in [-0.4, -0.2) is 37.8 Å². The predicted molar refractivity (Wildman–Crippen MR) is 107 cm³/mol. The zero-order valence-electron chi connectivity index (χ0n) is 15.6. The molecule has 144 valence electrons. The molecule has 2 rings (SSSR count). The van der Waals surface area contributed by atoms with E-state index in [-0.39, 0.29) is 12.2 Å². The molecular formula is C20H23FN2O3S. The van der Waals surface area contributed by atoms with Crippen molar-refractivity contribution in [3.63, 3.8) is 0 Å². The Morgan fingerprint density at radius 1 is 1.15 bits per heavy atom. The van der Waals surface area contributed by atoms with Crippen molar-refractivity contribution in [2.24, 2.45) is 0 Å². The Hall–Kier alpha value is -2.54. The highest BCUT2D eigenvalue weighted by Gasteiger charge is 2.18. The Morgan fingerprint density at radius 2 is 1.81 bits per heavy atom. The van der Waals surface area contributed by atoms with Crippen LogP contribution in [0, 0.1) is 5.82 Å². The fourth-order valence-corrected chi connectivity index (χ4v) is 3.07. The highest BCUT2D eigenvalue weighted by Crippen LogP contribution is 2.22. The quantitative estimate of drug-likeness (QED) is 0.546. The summed E-state index contributed by atoms with van der Waals surface area (Å²) in [4.78, 5) is 26.5. The zero-order valence-corrected chi connectivity index (χ0v) is 16.4. The van der Waals surface area contributed by atoms with Gasteiger partial charge in [0.1, 0.15) is 5.82 Å². The normalized spacial score (nSPS) is 11.6. The molecule has 0 spiro atoms. The third-order valence-corrected chi connectivity index (χ3v) is 4.78. The summed E-state index contributed by atoms with van der Waals surface area (Å²) in [6.07, 6.45) is -0.821. The van der Waals surface area contributed by atoms with Crippen LogP contribution >= 0.6 is 11.8 Å². The lowest BCUT2D eigenvalue weighted by atomic mass is 10.2. The molecule has 0 aromatic heterocycles. The van der Waals surface area contributed by atoms with Crippen LogP contribution in [0.4, 0.5) is 15.8 Å². The first-order chi connectivity index (χ1) is 12.9. The number of carbonyl (C=O) groups excluding carboxylic acids is 2. The van der Waals surface area contributed by atoms with Crippen molar-refractivity contribution in [1.29, 1.82) is 0 Å². The van der Waals surface area contributed by atoms with Crippen LogP contribution in [0.3, 0.4) is 0 Å². The molecule has 0 heterocycles. The maximum Gasteiger partial charge on any atom is 0.307 e. The first-order valence-corrected chi connectivity index (χ1v) is 9.50. The lowest BCUT2D eigenvalue weighted by molar-refractivity contribution is -0.152. The van der Waals surface area contributed by atoms with Crippen LogP contribution in [0.5, 0.6) is 0 Å². The SMILES string of the molecule is C[C@H](OC(=O)CCSc1ccccc1F)C(=O)Nc1ccc(N(C)C)cc1. The van der Waals surface area contributed by atoms with Crippen LogP contribution in [0.1, 0.15) is 13.3 Å². The molecule has 0 aliphatic rings. The molecule has 1 N–H and O–H groups in total. The number of benzene rings is 2. The first-order valence-electron chi connectivity index (χ1n) is 8.52. The van der Waals surface area contributed by atoms with Gasteiger partial charge in [-0.1, -0.05) is 12.1 Å². The topological polar surface area (TPSA) is 58.6 Å². The summed E-state index contributed by atoms with van der Waals surface area (Å²) < 4.78 is 18.7. The first kappa shape index (κ1) is 20.8. The fraction of sp³-hybridized carbons (Fsp3) is 0.300. The summed E-state index contributed by atoms with van der Waals surface area (Å²) in [7, 11) is 3.86. The van der Waals surface area contributed by atoms with E-state index >= 15 is 0 Å². The molecule has 27 heavy (non-hydrogen) atoms. The van der Waals surface area contributed by atoms with Crippen molar-refractivity contribution < 1.29 is 18.7 Å². The summed E-state index contributed by atoms with van der Waals surface area (Å²) in [6, 6.07) is 13.7. The Balaban J connectivity index is 1.76. The Morgan fingerprint density at radius 3 is 2.44 bits per heavy atom. The third-order valence-electron chi connectivity index (χ3n) is 3.73. The van der Waals surface area contributed by atoms with Gasteiger partial charge in [-0.15, -0.1) is 11.8 Å². The van der Waals surface area contributed by atoms with Crippen molar-refractivity contribution in [1.82, 2.24) is 0 Å². The number of carbonyl (C=O) groups is 2. The fourth-order valence-electron chi connectivity index (χ4n) is 2.20. The molecule has 0 aliphatic carbocycles. The van der Waals surface area contributed by atoms with Gasteiger partial charge in [-0.05, 0) is 43.3 Å². The minimum atomic E-state index is -0.913. The van der Waals surface area contributed by atoms with E-state index in [0.717, 1.165) is 5.69 Å². The lowest BCUT2D eigenvalue weighted by Gasteiger charge is -2.15. The molecule has 7 heteroatoms. The molecule has 1 atom stereocenters. The van der Waals surface area contributed by atoms with Gasteiger partial charge in [-0.2, -0.15) is 0 Å². The zero-order chi connectivity index (χ0) is 19.8. The van der Waals surface area contributed by atoms with Gasteiger partial charge < -0.3 is 15.0 Å². The van der Waals surface area contributed by atoms with Crippen molar-refractivity contribution in [2.45, 2.75) is 24.3 Å². The number of ether oxygens (including phenoxy) is 1. The van der Waals surface area contributed by atoms with Gasteiger partial charge in [-0.3, -0.25) is 9.59 Å². The monoisotopic (exact) mass is 390 g/mol. The summed E-state index contributed by atoms with van der Waals surface area (Å²) in [5.74, 6) is -0.837. The maximum absolute atomic E-state index is 13.5. The molecule has 2 aromatic carbocycles. The summed E-state index contributed by atoms with van der Waals surface area (Å²) in [6.45, 7) is 1.52. The van der Waals surface area contributed by atoms with Gasteiger partial charge in [0.2, 0.25) is 0 Å². The number of rotatable bonds is 8. The molecule has 0 saturated heterocycles. The van der Waals surface area contributed by atoms with E-state index in [1.165, 1.54) is 24.8 Å². The highest BCUT2D eigenvalue weighted by molar-refractivity contribution is 7.99. The number of amides is 1. The summed E-state index contributed by atoms with van der Waals surface area (Å²) in [5.41, 5.74) is 1.64. The largest absolute Gasteiger partial charge is 0.453 e. The molecule has 0 bridgehead atoms. The Kier molecular flexibility index (Phi) is 7.67. The van der Waals surface area contributed by atoms with Crippen molar-refractivity contribution in [3.8, 4) is 0 Å². The van der Waals surface area contributed by atoms with E-state index in [0.29, 0.717) is 16.3 Å². The molecule has 1 amide bonds. The van der Waals surface area contributed by atoms with Gasteiger partial charge in [0.05, 0.1) is 6.42 Å². The second-order valence-electron chi connectivity index (χ2n) is 6.09. The molecule has 0 saturated carbocycles.